The molecule has 0 aliphatic rings. The van der Waals surface area contributed by atoms with Crippen molar-refractivity contribution in [2.45, 2.75) is 40.5 Å². The molecule has 0 fully saturated rings. The number of nitrogens with one attached hydrogen (secondary N) is 1. The van der Waals surface area contributed by atoms with Crippen molar-refractivity contribution in [1.29, 1.82) is 0 Å². The second kappa shape index (κ2) is 5.01. The second-order valence-corrected chi connectivity index (χ2v) is 3.70. The predicted octanol–water partition coefficient (Wildman–Crippen LogP) is 2.76. The van der Waals surface area contributed by atoms with E-state index in [4.69, 9.17) is 4.74 Å². The third kappa shape index (κ3) is 2.41. The number of hydrogen-bond acceptors (Lipinski definition) is 2. The summed E-state index contributed by atoms with van der Waals surface area (Å²) in [6, 6.07) is 0. The average molecular weight is 209 g/mol. The summed E-state index contributed by atoms with van der Waals surface area (Å²) in [7, 11) is 0. The summed E-state index contributed by atoms with van der Waals surface area (Å²) in [5.41, 5.74) is 3.95. The summed E-state index contributed by atoms with van der Waals surface area (Å²) >= 11 is 0. The molecule has 3 nitrogen and oxygen atoms in total. The average Bonchev–Trinajstić information content (AvgIpc) is 2.47. The third-order valence-corrected chi connectivity index (χ3v) is 2.65. The zero-order valence-electron chi connectivity index (χ0n) is 9.94. The van der Waals surface area contributed by atoms with Gasteiger partial charge < -0.3 is 9.72 Å². The Hall–Kier alpha value is -1.25. The van der Waals surface area contributed by atoms with Gasteiger partial charge in [-0.15, -0.1) is 0 Å². The van der Waals surface area contributed by atoms with Crippen molar-refractivity contribution in [3.05, 3.63) is 22.5 Å². The number of aromatic amines is 1. The van der Waals surface area contributed by atoms with E-state index in [0.29, 0.717) is 12.3 Å². The van der Waals surface area contributed by atoms with Gasteiger partial charge in [-0.1, -0.05) is 13.3 Å². The van der Waals surface area contributed by atoms with Crippen LogP contribution in [0.25, 0.3) is 0 Å². The van der Waals surface area contributed by atoms with Crippen molar-refractivity contribution in [2.24, 2.45) is 0 Å². The van der Waals surface area contributed by atoms with Crippen LogP contribution >= 0.6 is 0 Å². The third-order valence-electron chi connectivity index (χ3n) is 2.65. The lowest BCUT2D eigenvalue weighted by Crippen LogP contribution is -2.06. The molecule has 0 aliphatic heterocycles. The van der Waals surface area contributed by atoms with Gasteiger partial charge in [-0.2, -0.15) is 0 Å². The van der Waals surface area contributed by atoms with Crippen LogP contribution in [0, 0.1) is 13.8 Å². The minimum Gasteiger partial charge on any atom is -0.461 e. The fourth-order valence-electron chi connectivity index (χ4n) is 1.66. The zero-order chi connectivity index (χ0) is 11.4. The Morgan fingerprint density at radius 2 is 1.93 bits per heavy atom. The SMILES string of the molecule is CCCc1[nH]c(C(=O)OCC)c(C)c1C. The summed E-state index contributed by atoms with van der Waals surface area (Å²) < 4.78 is 4.99. The topological polar surface area (TPSA) is 42.1 Å². The molecule has 15 heavy (non-hydrogen) atoms. The van der Waals surface area contributed by atoms with Crippen LogP contribution in [0.3, 0.4) is 0 Å². The Kier molecular flexibility index (Phi) is 3.95. The highest BCUT2D eigenvalue weighted by atomic mass is 16.5. The van der Waals surface area contributed by atoms with Gasteiger partial charge in [-0.25, -0.2) is 4.79 Å². The quantitative estimate of drug-likeness (QED) is 0.775. The van der Waals surface area contributed by atoms with Crippen molar-refractivity contribution in [3.8, 4) is 0 Å². The first kappa shape index (κ1) is 11.8. The number of ether oxygens (including phenoxy) is 1. The van der Waals surface area contributed by atoms with E-state index in [1.807, 2.05) is 20.8 Å². The van der Waals surface area contributed by atoms with Crippen LogP contribution in [-0.2, 0) is 11.2 Å². The van der Waals surface area contributed by atoms with E-state index in [2.05, 4.69) is 11.9 Å². The predicted molar refractivity (Wildman–Crippen MR) is 60.2 cm³/mol. The van der Waals surface area contributed by atoms with E-state index < -0.39 is 0 Å². The Balaban J connectivity index is 2.99. The molecule has 1 aromatic heterocycles. The van der Waals surface area contributed by atoms with Gasteiger partial charge in [-0.3, -0.25) is 0 Å². The fraction of sp³-hybridized carbons (Fsp3) is 0.583. The molecule has 0 amide bonds. The molecule has 0 saturated carbocycles. The van der Waals surface area contributed by atoms with Gasteiger partial charge in [0.15, 0.2) is 0 Å². The summed E-state index contributed by atoms with van der Waals surface area (Å²) in [6.07, 6.45) is 2.05. The lowest BCUT2D eigenvalue weighted by atomic mass is 10.1. The van der Waals surface area contributed by atoms with E-state index in [1.165, 1.54) is 5.56 Å². The molecule has 1 rings (SSSR count). The van der Waals surface area contributed by atoms with Crippen LogP contribution in [0.5, 0.6) is 0 Å². The minimum absolute atomic E-state index is 0.250. The molecule has 0 bridgehead atoms. The zero-order valence-corrected chi connectivity index (χ0v) is 9.94. The Labute approximate surface area is 90.8 Å². The number of aryl methyl sites for hydroxylation is 1. The molecule has 0 unspecified atom stereocenters. The lowest BCUT2D eigenvalue weighted by Gasteiger charge is -1.99. The number of aromatic nitrogens is 1. The molecule has 1 aromatic rings. The fourth-order valence-corrected chi connectivity index (χ4v) is 1.66. The molecular formula is C12H19NO2. The van der Waals surface area contributed by atoms with Crippen molar-refractivity contribution in [2.75, 3.05) is 6.61 Å². The summed E-state index contributed by atoms with van der Waals surface area (Å²) in [4.78, 5) is 14.7. The van der Waals surface area contributed by atoms with Crippen LogP contribution in [0.4, 0.5) is 0 Å². The van der Waals surface area contributed by atoms with E-state index in [9.17, 15) is 4.79 Å². The van der Waals surface area contributed by atoms with Gasteiger partial charge in [0.1, 0.15) is 5.69 Å². The molecule has 0 spiro atoms. The first-order valence-electron chi connectivity index (χ1n) is 5.46. The van der Waals surface area contributed by atoms with E-state index >= 15 is 0 Å². The van der Waals surface area contributed by atoms with Crippen molar-refractivity contribution in [3.63, 3.8) is 0 Å². The maximum Gasteiger partial charge on any atom is 0.355 e. The van der Waals surface area contributed by atoms with Gasteiger partial charge in [0.2, 0.25) is 0 Å². The van der Waals surface area contributed by atoms with E-state index in [-0.39, 0.29) is 5.97 Å². The Bertz CT molecular complexity index is 353. The molecule has 0 aromatic carbocycles. The van der Waals surface area contributed by atoms with Crippen LogP contribution < -0.4 is 0 Å². The number of carbonyl (C=O) groups excluding carboxylic acids is 1. The normalized spacial score (nSPS) is 10.4. The van der Waals surface area contributed by atoms with E-state index in [0.717, 1.165) is 24.1 Å². The molecule has 0 saturated heterocycles. The maximum atomic E-state index is 11.6. The summed E-state index contributed by atoms with van der Waals surface area (Å²) in [5, 5.41) is 0. The number of carbonyl (C=O) groups is 1. The second-order valence-electron chi connectivity index (χ2n) is 3.70. The van der Waals surface area contributed by atoms with Gasteiger partial charge >= 0.3 is 5.97 Å². The molecule has 84 valence electrons. The highest BCUT2D eigenvalue weighted by Gasteiger charge is 2.16. The van der Waals surface area contributed by atoms with E-state index in [1.54, 1.807) is 0 Å². The van der Waals surface area contributed by atoms with Gasteiger partial charge in [0.05, 0.1) is 6.61 Å². The molecule has 1 heterocycles. The number of H-pyrrole nitrogens is 1. The summed E-state index contributed by atoms with van der Waals surface area (Å²) in [6.45, 7) is 8.35. The van der Waals surface area contributed by atoms with Crippen LogP contribution in [0.15, 0.2) is 0 Å². The van der Waals surface area contributed by atoms with Gasteiger partial charge in [0, 0.05) is 5.69 Å². The number of rotatable bonds is 4. The van der Waals surface area contributed by atoms with Crippen LogP contribution in [-0.4, -0.2) is 17.6 Å². The highest BCUT2D eigenvalue weighted by molar-refractivity contribution is 5.89. The molecule has 1 N–H and O–H groups in total. The largest absolute Gasteiger partial charge is 0.461 e. The molecular weight excluding hydrogens is 190 g/mol. The molecule has 0 aliphatic carbocycles. The highest BCUT2D eigenvalue weighted by Crippen LogP contribution is 2.19. The van der Waals surface area contributed by atoms with Crippen molar-refractivity contribution in [1.82, 2.24) is 4.98 Å². The Morgan fingerprint density at radius 3 is 2.47 bits per heavy atom. The first-order chi connectivity index (χ1) is 7.11. The smallest absolute Gasteiger partial charge is 0.355 e. The molecule has 3 heteroatoms. The van der Waals surface area contributed by atoms with Crippen LogP contribution in [0.2, 0.25) is 0 Å². The minimum atomic E-state index is -0.250. The maximum absolute atomic E-state index is 11.6. The monoisotopic (exact) mass is 209 g/mol. The van der Waals surface area contributed by atoms with Gasteiger partial charge in [0.25, 0.3) is 0 Å². The van der Waals surface area contributed by atoms with Gasteiger partial charge in [-0.05, 0) is 38.3 Å². The van der Waals surface area contributed by atoms with Crippen molar-refractivity contribution >= 4 is 5.97 Å². The lowest BCUT2D eigenvalue weighted by molar-refractivity contribution is 0.0519. The molecule has 0 radical (unpaired) electrons. The molecule has 0 atom stereocenters. The van der Waals surface area contributed by atoms with Crippen molar-refractivity contribution < 1.29 is 9.53 Å². The Morgan fingerprint density at radius 1 is 1.27 bits per heavy atom. The first-order valence-corrected chi connectivity index (χ1v) is 5.46. The number of hydrogen-bond donors (Lipinski definition) is 1. The standard InChI is InChI=1S/C12H19NO2/c1-5-7-10-8(3)9(4)11(13-10)12(14)15-6-2/h13H,5-7H2,1-4H3. The van der Waals surface area contributed by atoms with Crippen LogP contribution in [0.1, 0.15) is 47.6 Å². The summed E-state index contributed by atoms with van der Waals surface area (Å²) in [5.74, 6) is -0.250. The number of esters is 1.